The Bertz CT molecular complexity index is 740. The lowest BCUT2D eigenvalue weighted by Crippen LogP contribution is -2.60. The normalized spacial score (nSPS) is 31.8. The number of epoxide rings is 1. The van der Waals surface area contributed by atoms with Crippen LogP contribution >= 0.6 is 0 Å². The van der Waals surface area contributed by atoms with Crippen molar-refractivity contribution in [3.8, 4) is 0 Å². The molecule has 11 nitrogen and oxygen atoms in total. The quantitative estimate of drug-likeness (QED) is 0.178. The second kappa shape index (κ2) is 10.1. The zero-order valence-electron chi connectivity index (χ0n) is 18.6. The summed E-state index contributed by atoms with van der Waals surface area (Å²) in [6, 6.07) is -3.19. The summed E-state index contributed by atoms with van der Waals surface area (Å²) in [5.41, 5.74) is 0. The third-order valence-corrected chi connectivity index (χ3v) is 6.34. The van der Waals surface area contributed by atoms with Crippen molar-refractivity contribution < 1.29 is 34.1 Å². The van der Waals surface area contributed by atoms with Gasteiger partial charge in [-0.05, 0) is 39.5 Å². The SMILES string of the molecule is C[C@@H]1NC(=O)[C@H]2CCCN2C(=O)[C@H](CCCCCC(O)(O)[C@@H]2CO2)NC(=O)[C@@H](C)NC1=O. The molecule has 0 aliphatic carbocycles. The molecule has 4 amide bonds. The van der Waals surface area contributed by atoms with Gasteiger partial charge in [0.25, 0.3) is 0 Å². The maximum atomic E-state index is 13.3. The number of rotatable bonds is 7. The minimum Gasteiger partial charge on any atom is -0.367 e. The van der Waals surface area contributed by atoms with Crippen LogP contribution in [-0.2, 0) is 23.9 Å². The fourth-order valence-corrected chi connectivity index (χ4v) is 4.22. The third-order valence-electron chi connectivity index (χ3n) is 6.34. The van der Waals surface area contributed by atoms with Crippen molar-refractivity contribution in [1.82, 2.24) is 20.9 Å². The first-order chi connectivity index (χ1) is 15.1. The highest BCUT2D eigenvalue weighted by molar-refractivity contribution is 5.97. The predicted octanol–water partition coefficient (Wildman–Crippen LogP) is -1.48. The summed E-state index contributed by atoms with van der Waals surface area (Å²) >= 11 is 0. The molecule has 5 N–H and O–H groups in total. The Morgan fingerprint density at radius 3 is 2.25 bits per heavy atom. The molecule has 5 atom stereocenters. The van der Waals surface area contributed by atoms with Crippen molar-refractivity contribution in [2.75, 3.05) is 13.2 Å². The Balaban J connectivity index is 1.64. The van der Waals surface area contributed by atoms with Gasteiger partial charge >= 0.3 is 0 Å². The summed E-state index contributed by atoms with van der Waals surface area (Å²) in [5.74, 6) is -3.46. The number of carbonyl (C=O) groups excluding carboxylic acids is 4. The highest BCUT2D eigenvalue weighted by Crippen LogP contribution is 2.27. The second-order valence-electron chi connectivity index (χ2n) is 9.01. The minimum absolute atomic E-state index is 0.165. The van der Waals surface area contributed by atoms with Crippen LogP contribution in [0.15, 0.2) is 0 Å². The van der Waals surface area contributed by atoms with E-state index in [1.54, 1.807) is 0 Å². The number of hydrogen-bond acceptors (Lipinski definition) is 7. The van der Waals surface area contributed by atoms with Gasteiger partial charge < -0.3 is 35.8 Å². The number of ether oxygens (including phenoxy) is 1. The van der Waals surface area contributed by atoms with E-state index < -0.39 is 47.9 Å². The molecule has 0 unspecified atom stereocenters. The third kappa shape index (κ3) is 5.96. The molecule has 3 aliphatic rings. The van der Waals surface area contributed by atoms with E-state index in [0.29, 0.717) is 51.7 Å². The van der Waals surface area contributed by atoms with Crippen LogP contribution in [0.1, 0.15) is 58.8 Å². The lowest BCUT2D eigenvalue weighted by atomic mass is 10.0. The van der Waals surface area contributed by atoms with Crippen LogP contribution < -0.4 is 16.0 Å². The van der Waals surface area contributed by atoms with Crippen molar-refractivity contribution in [3.05, 3.63) is 0 Å². The zero-order valence-corrected chi connectivity index (χ0v) is 18.6. The molecule has 0 bridgehead atoms. The first kappa shape index (κ1) is 24.4. The van der Waals surface area contributed by atoms with Crippen molar-refractivity contribution in [2.45, 2.75) is 94.9 Å². The largest absolute Gasteiger partial charge is 0.367 e. The summed E-state index contributed by atoms with van der Waals surface area (Å²) in [7, 11) is 0. The predicted molar refractivity (Wildman–Crippen MR) is 112 cm³/mol. The number of hydrogen-bond donors (Lipinski definition) is 5. The molecule has 3 aliphatic heterocycles. The molecule has 0 aromatic rings. The molecule has 0 saturated carbocycles. The Morgan fingerprint density at radius 1 is 0.969 bits per heavy atom. The van der Waals surface area contributed by atoms with Crippen molar-refractivity contribution >= 4 is 23.6 Å². The topological polar surface area (TPSA) is 161 Å². The lowest BCUT2D eigenvalue weighted by Gasteiger charge is -2.31. The molecule has 3 fully saturated rings. The highest BCUT2D eigenvalue weighted by Gasteiger charge is 2.43. The number of unbranched alkanes of at least 4 members (excludes halogenated alkanes) is 2. The molecule has 32 heavy (non-hydrogen) atoms. The van der Waals surface area contributed by atoms with E-state index in [9.17, 15) is 29.4 Å². The molecular weight excluding hydrogens is 420 g/mol. The number of aliphatic hydroxyl groups is 2. The van der Waals surface area contributed by atoms with E-state index >= 15 is 0 Å². The van der Waals surface area contributed by atoms with Gasteiger partial charge in [0.05, 0.1) is 6.61 Å². The van der Waals surface area contributed by atoms with Crippen LogP contribution in [0.25, 0.3) is 0 Å². The van der Waals surface area contributed by atoms with Crippen LogP contribution in [0.3, 0.4) is 0 Å². The number of nitrogens with one attached hydrogen (secondary N) is 3. The lowest BCUT2D eigenvalue weighted by molar-refractivity contribution is -0.180. The fraction of sp³-hybridized carbons (Fsp3) is 0.810. The van der Waals surface area contributed by atoms with Gasteiger partial charge in [0.1, 0.15) is 30.3 Å². The Hall–Kier alpha value is -2.24. The monoisotopic (exact) mass is 454 g/mol. The summed E-state index contributed by atoms with van der Waals surface area (Å²) in [5, 5.41) is 27.7. The summed E-state index contributed by atoms with van der Waals surface area (Å²) in [6.45, 7) is 3.82. The first-order valence-electron chi connectivity index (χ1n) is 11.4. The summed E-state index contributed by atoms with van der Waals surface area (Å²) < 4.78 is 4.93. The molecule has 180 valence electrons. The Kier molecular flexibility index (Phi) is 7.73. The Morgan fingerprint density at radius 2 is 1.59 bits per heavy atom. The molecule has 0 radical (unpaired) electrons. The number of carbonyl (C=O) groups is 4. The van der Waals surface area contributed by atoms with Gasteiger partial charge in [-0.3, -0.25) is 19.2 Å². The zero-order chi connectivity index (χ0) is 23.5. The minimum atomic E-state index is -1.84. The van der Waals surface area contributed by atoms with Crippen LogP contribution in [0.2, 0.25) is 0 Å². The van der Waals surface area contributed by atoms with E-state index in [1.807, 2.05) is 0 Å². The summed E-state index contributed by atoms with van der Waals surface area (Å²) in [4.78, 5) is 52.4. The van der Waals surface area contributed by atoms with E-state index in [0.717, 1.165) is 0 Å². The second-order valence-corrected chi connectivity index (χ2v) is 9.01. The first-order valence-corrected chi connectivity index (χ1v) is 11.4. The van der Waals surface area contributed by atoms with Crippen molar-refractivity contribution in [2.24, 2.45) is 0 Å². The standard InChI is InChI=1S/C21H34N4O7/c1-12-17(26)22-13(2)18(27)24-14(7-4-3-5-9-21(30,31)16-11-32-16)20(29)25-10-6-8-15(25)19(28)23-12/h12-16,30-31H,3-11H2,1-2H3,(H,22,26)(H,23,28)(H,24,27)/t12-,13+,14-,15+,16-/m0/s1. The van der Waals surface area contributed by atoms with Crippen LogP contribution in [0.5, 0.6) is 0 Å². The maximum absolute atomic E-state index is 13.3. The van der Waals surface area contributed by atoms with Crippen LogP contribution in [-0.4, -0.2) is 88.0 Å². The molecule has 0 spiro atoms. The van der Waals surface area contributed by atoms with Gasteiger partial charge in [-0.1, -0.05) is 12.8 Å². The molecule has 3 heterocycles. The molecule has 11 heteroatoms. The van der Waals surface area contributed by atoms with Gasteiger partial charge in [-0.2, -0.15) is 0 Å². The number of amides is 4. The average Bonchev–Trinajstić information content (AvgIpc) is 3.49. The van der Waals surface area contributed by atoms with E-state index in [2.05, 4.69) is 16.0 Å². The Labute approximate surface area is 187 Å². The number of fused-ring (bicyclic) bond motifs is 1. The highest BCUT2D eigenvalue weighted by atomic mass is 16.6. The molecule has 3 rings (SSSR count). The molecule has 0 aromatic heterocycles. The van der Waals surface area contributed by atoms with Crippen LogP contribution in [0.4, 0.5) is 0 Å². The maximum Gasteiger partial charge on any atom is 0.245 e. The van der Waals surface area contributed by atoms with E-state index in [1.165, 1.54) is 18.7 Å². The molecule has 0 aromatic carbocycles. The average molecular weight is 455 g/mol. The fourth-order valence-electron chi connectivity index (χ4n) is 4.22. The smallest absolute Gasteiger partial charge is 0.245 e. The van der Waals surface area contributed by atoms with Gasteiger partial charge in [0.15, 0.2) is 5.79 Å². The van der Waals surface area contributed by atoms with Gasteiger partial charge in [0, 0.05) is 13.0 Å². The van der Waals surface area contributed by atoms with E-state index in [-0.39, 0.29) is 18.2 Å². The van der Waals surface area contributed by atoms with Crippen molar-refractivity contribution in [1.29, 1.82) is 0 Å². The van der Waals surface area contributed by atoms with Gasteiger partial charge in [-0.25, -0.2) is 0 Å². The summed E-state index contributed by atoms with van der Waals surface area (Å²) in [6.07, 6.45) is 2.87. The molecule has 3 saturated heterocycles. The van der Waals surface area contributed by atoms with Gasteiger partial charge in [-0.15, -0.1) is 0 Å². The van der Waals surface area contributed by atoms with Gasteiger partial charge in [0.2, 0.25) is 23.6 Å². The van der Waals surface area contributed by atoms with Crippen molar-refractivity contribution in [3.63, 3.8) is 0 Å². The number of nitrogens with zero attached hydrogens (tertiary/aromatic N) is 1. The van der Waals surface area contributed by atoms with Crippen LogP contribution in [0, 0.1) is 0 Å². The molecular formula is C21H34N4O7. The van der Waals surface area contributed by atoms with E-state index in [4.69, 9.17) is 4.74 Å².